The van der Waals surface area contributed by atoms with E-state index in [2.05, 4.69) is 5.32 Å². The lowest BCUT2D eigenvalue weighted by Gasteiger charge is -2.24. The fourth-order valence-corrected chi connectivity index (χ4v) is 3.11. The van der Waals surface area contributed by atoms with Gasteiger partial charge in [-0.25, -0.2) is 8.42 Å². The molecule has 0 aliphatic heterocycles. The number of nitrogens with one attached hydrogen (secondary N) is 1. The number of amides is 1. The molecule has 6 nitrogen and oxygen atoms in total. The van der Waals surface area contributed by atoms with Crippen LogP contribution in [-0.2, 0) is 27.8 Å². The van der Waals surface area contributed by atoms with E-state index in [1.807, 2.05) is 19.1 Å². The number of aryl methyl sites for hydroxylation is 1. The summed E-state index contributed by atoms with van der Waals surface area (Å²) in [7, 11) is -3.57. The van der Waals surface area contributed by atoms with Gasteiger partial charge in [-0.3, -0.25) is 9.10 Å². The van der Waals surface area contributed by atoms with Crippen molar-refractivity contribution in [3.8, 4) is 0 Å². The molecule has 0 aliphatic rings. The number of carbonyl (C=O) groups excluding carboxylic acids is 1. The van der Waals surface area contributed by atoms with E-state index in [1.165, 1.54) is 6.26 Å². The van der Waals surface area contributed by atoms with Crippen LogP contribution < -0.4 is 9.62 Å². The summed E-state index contributed by atoms with van der Waals surface area (Å²) in [6, 6.07) is 10.6. The van der Waals surface area contributed by atoms with Gasteiger partial charge >= 0.3 is 0 Å². The summed E-state index contributed by atoms with van der Waals surface area (Å²) < 4.78 is 30.5. The van der Waals surface area contributed by atoms with Gasteiger partial charge in [-0.1, -0.05) is 25.1 Å². The number of furan rings is 1. The van der Waals surface area contributed by atoms with E-state index in [0.29, 0.717) is 17.9 Å². The minimum absolute atomic E-state index is 0.221. The number of nitrogens with zero attached hydrogens (tertiary/aromatic N) is 1. The molecular formula is C16H20N2O4S. The van der Waals surface area contributed by atoms with Crippen LogP contribution in [0.1, 0.15) is 18.2 Å². The Balaban J connectivity index is 2.15. The van der Waals surface area contributed by atoms with Crippen LogP contribution in [0.15, 0.2) is 47.1 Å². The molecule has 1 aromatic heterocycles. The van der Waals surface area contributed by atoms with E-state index < -0.39 is 15.9 Å². The molecule has 1 N–H and O–H groups in total. The lowest BCUT2D eigenvalue weighted by Crippen LogP contribution is -2.40. The highest BCUT2D eigenvalue weighted by molar-refractivity contribution is 7.92. The van der Waals surface area contributed by atoms with Gasteiger partial charge < -0.3 is 9.73 Å². The Morgan fingerprint density at radius 2 is 1.96 bits per heavy atom. The zero-order chi connectivity index (χ0) is 16.9. The Morgan fingerprint density at radius 1 is 1.22 bits per heavy atom. The molecule has 0 unspecified atom stereocenters. The van der Waals surface area contributed by atoms with Crippen LogP contribution in [-0.4, -0.2) is 27.1 Å². The summed E-state index contributed by atoms with van der Waals surface area (Å²) in [5.41, 5.74) is 1.41. The number of para-hydroxylation sites is 1. The van der Waals surface area contributed by atoms with Gasteiger partial charge in [0.15, 0.2) is 0 Å². The molecule has 2 aromatic rings. The van der Waals surface area contributed by atoms with Crippen LogP contribution in [0.25, 0.3) is 0 Å². The van der Waals surface area contributed by atoms with Crippen molar-refractivity contribution in [2.45, 2.75) is 19.9 Å². The molecule has 1 amide bonds. The highest BCUT2D eigenvalue weighted by Crippen LogP contribution is 2.23. The van der Waals surface area contributed by atoms with E-state index in [9.17, 15) is 13.2 Å². The highest BCUT2D eigenvalue weighted by atomic mass is 32.2. The normalized spacial score (nSPS) is 11.2. The molecular weight excluding hydrogens is 316 g/mol. The van der Waals surface area contributed by atoms with Gasteiger partial charge in [0.05, 0.1) is 24.8 Å². The molecule has 7 heteroatoms. The molecule has 0 saturated carbocycles. The molecule has 1 heterocycles. The summed E-state index contributed by atoms with van der Waals surface area (Å²) >= 11 is 0. The summed E-state index contributed by atoms with van der Waals surface area (Å²) in [6.45, 7) is 1.89. The third kappa shape index (κ3) is 4.59. The zero-order valence-electron chi connectivity index (χ0n) is 13.2. The monoisotopic (exact) mass is 336 g/mol. The SMILES string of the molecule is CCc1ccccc1N(CC(=O)NCc1ccco1)S(C)(=O)=O. The average Bonchev–Trinajstić information content (AvgIpc) is 3.03. The quantitative estimate of drug-likeness (QED) is 0.838. The fourth-order valence-electron chi connectivity index (χ4n) is 2.22. The Kier molecular flexibility index (Phi) is 5.44. The Bertz CT molecular complexity index is 754. The van der Waals surface area contributed by atoms with Crippen LogP contribution in [0.4, 0.5) is 5.69 Å². The minimum Gasteiger partial charge on any atom is -0.467 e. The number of benzene rings is 1. The summed E-state index contributed by atoms with van der Waals surface area (Å²) in [4.78, 5) is 12.1. The van der Waals surface area contributed by atoms with Crippen molar-refractivity contribution in [2.24, 2.45) is 0 Å². The van der Waals surface area contributed by atoms with Crippen molar-refractivity contribution >= 4 is 21.6 Å². The van der Waals surface area contributed by atoms with Crippen molar-refractivity contribution in [3.05, 3.63) is 54.0 Å². The predicted molar refractivity (Wildman–Crippen MR) is 88.6 cm³/mol. The number of anilines is 1. The predicted octanol–water partition coefficient (Wildman–Crippen LogP) is 1.92. The first-order valence-electron chi connectivity index (χ1n) is 7.26. The molecule has 0 radical (unpaired) electrons. The Hall–Kier alpha value is -2.28. The second-order valence-electron chi connectivity index (χ2n) is 5.11. The lowest BCUT2D eigenvalue weighted by molar-refractivity contribution is -0.119. The summed E-state index contributed by atoms with van der Waals surface area (Å²) in [5.74, 6) is 0.218. The van der Waals surface area contributed by atoms with Crippen LogP contribution in [0.3, 0.4) is 0 Å². The third-order valence-electron chi connectivity index (χ3n) is 3.37. The zero-order valence-corrected chi connectivity index (χ0v) is 14.0. The maximum Gasteiger partial charge on any atom is 0.241 e. The first kappa shape index (κ1) is 17.1. The molecule has 0 aliphatic carbocycles. The van der Waals surface area contributed by atoms with Crippen molar-refractivity contribution < 1.29 is 17.6 Å². The Morgan fingerprint density at radius 3 is 2.57 bits per heavy atom. The van der Waals surface area contributed by atoms with Crippen LogP contribution in [0, 0.1) is 0 Å². The number of carbonyl (C=O) groups is 1. The van der Waals surface area contributed by atoms with Gasteiger partial charge in [-0.05, 0) is 30.2 Å². The molecule has 0 spiro atoms. The van der Waals surface area contributed by atoms with Crippen LogP contribution in [0.2, 0.25) is 0 Å². The maximum atomic E-state index is 12.1. The Labute approximate surface area is 136 Å². The van der Waals surface area contributed by atoms with Crippen molar-refractivity contribution in [1.29, 1.82) is 0 Å². The smallest absolute Gasteiger partial charge is 0.241 e. The van der Waals surface area contributed by atoms with Gasteiger partial charge in [-0.2, -0.15) is 0 Å². The van der Waals surface area contributed by atoms with E-state index in [-0.39, 0.29) is 13.1 Å². The van der Waals surface area contributed by atoms with Crippen LogP contribution >= 0.6 is 0 Å². The van der Waals surface area contributed by atoms with Crippen molar-refractivity contribution in [3.63, 3.8) is 0 Å². The molecule has 124 valence electrons. The van der Waals surface area contributed by atoms with E-state index in [0.717, 1.165) is 16.1 Å². The highest BCUT2D eigenvalue weighted by Gasteiger charge is 2.22. The van der Waals surface area contributed by atoms with Crippen molar-refractivity contribution in [1.82, 2.24) is 5.32 Å². The summed E-state index contributed by atoms with van der Waals surface area (Å²) in [5, 5.41) is 2.66. The molecule has 0 fully saturated rings. The standard InChI is InChI=1S/C16H20N2O4S/c1-3-13-7-4-5-9-15(13)18(23(2,20)21)12-16(19)17-11-14-8-6-10-22-14/h4-10H,3,11-12H2,1-2H3,(H,17,19). The molecule has 2 rings (SSSR count). The molecule has 1 aromatic carbocycles. The van der Waals surface area contributed by atoms with Gasteiger partial charge in [0.1, 0.15) is 12.3 Å². The second kappa shape index (κ2) is 7.32. The van der Waals surface area contributed by atoms with Gasteiger partial charge in [0.2, 0.25) is 15.9 Å². The van der Waals surface area contributed by atoms with E-state index >= 15 is 0 Å². The van der Waals surface area contributed by atoms with Gasteiger partial charge in [0, 0.05) is 0 Å². The number of hydrogen-bond donors (Lipinski definition) is 1. The van der Waals surface area contributed by atoms with E-state index in [1.54, 1.807) is 24.3 Å². The van der Waals surface area contributed by atoms with E-state index in [4.69, 9.17) is 4.42 Å². The maximum absolute atomic E-state index is 12.1. The van der Waals surface area contributed by atoms with Gasteiger partial charge in [0.25, 0.3) is 0 Å². The molecule has 0 saturated heterocycles. The average molecular weight is 336 g/mol. The lowest BCUT2D eigenvalue weighted by atomic mass is 10.1. The first-order chi connectivity index (χ1) is 10.9. The number of sulfonamides is 1. The topological polar surface area (TPSA) is 79.6 Å². The van der Waals surface area contributed by atoms with Gasteiger partial charge in [-0.15, -0.1) is 0 Å². The number of rotatable bonds is 7. The first-order valence-corrected chi connectivity index (χ1v) is 9.11. The van der Waals surface area contributed by atoms with Crippen molar-refractivity contribution in [2.75, 3.05) is 17.1 Å². The van der Waals surface area contributed by atoms with Crippen LogP contribution in [0.5, 0.6) is 0 Å². The largest absolute Gasteiger partial charge is 0.467 e. The number of hydrogen-bond acceptors (Lipinski definition) is 4. The summed E-state index contributed by atoms with van der Waals surface area (Å²) in [6.07, 6.45) is 3.29. The molecule has 0 atom stereocenters. The fraction of sp³-hybridized carbons (Fsp3) is 0.312. The second-order valence-corrected chi connectivity index (χ2v) is 7.01. The molecule has 23 heavy (non-hydrogen) atoms. The molecule has 0 bridgehead atoms. The third-order valence-corrected chi connectivity index (χ3v) is 4.50. The minimum atomic E-state index is -3.57.